The third-order valence-corrected chi connectivity index (χ3v) is 4.78. The Bertz CT molecular complexity index is 520. The van der Waals surface area contributed by atoms with E-state index in [1.807, 2.05) is 6.92 Å². The first kappa shape index (κ1) is 16.3. The first-order chi connectivity index (χ1) is 8.89. The van der Waals surface area contributed by atoms with Crippen LogP contribution in [0.25, 0.3) is 0 Å². The molecule has 1 aromatic carbocycles. The van der Waals surface area contributed by atoms with Crippen molar-refractivity contribution in [3.05, 3.63) is 22.7 Å². The van der Waals surface area contributed by atoms with Crippen molar-refractivity contribution in [1.29, 1.82) is 0 Å². The number of hydrogen-bond acceptors (Lipinski definition) is 4. The van der Waals surface area contributed by atoms with Crippen LogP contribution in [0.5, 0.6) is 5.75 Å². The summed E-state index contributed by atoms with van der Waals surface area (Å²) in [4.78, 5) is 0. The molecule has 0 heterocycles. The van der Waals surface area contributed by atoms with Gasteiger partial charge in [-0.15, -0.1) is 0 Å². The Morgan fingerprint density at radius 1 is 1.37 bits per heavy atom. The number of rotatable bonds is 7. The lowest BCUT2D eigenvalue weighted by Gasteiger charge is -2.15. The minimum absolute atomic E-state index is 0.414. The van der Waals surface area contributed by atoms with Crippen LogP contribution in [-0.4, -0.2) is 33.9 Å². The molecule has 0 spiro atoms. The van der Waals surface area contributed by atoms with Gasteiger partial charge in [-0.2, -0.15) is 0 Å². The Kier molecular flexibility index (Phi) is 6.09. The van der Waals surface area contributed by atoms with Crippen LogP contribution in [0.4, 0.5) is 5.69 Å². The highest BCUT2D eigenvalue weighted by atomic mass is 79.9. The summed E-state index contributed by atoms with van der Waals surface area (Å²) in [6.07, 6.45) is 0. The van der Waals surface area contributed by atoms with Gasteiger partial charge in [0.15, 0.2) is 0 Å². The molecule has 108 valence electrons. The summed E-state index contributed by atoms with van der Waals surface area (Å²) < 4.78 is 32.6. The molecule has 19 heavy (non-hydrogen) atoms. The second kappa shape index (κ2) is 7.12. The smallest absolute Gasteiger partial charge is 0.236 e. The number of nitrogens with one attached hydrogen (secondary N) is 2. The molecule has 0 radical (unpaired) electrons. The molecule has 0 aromatic heterocycles. The zero-order valence-corrected chi connectivity index (χ0v) is 13.6. The number of halogens is 1. The van der Waals surface area contributed by atoms with Crippen LogP contribution in [0, 0.1) is 0 Å². The molecule has 0 aliphatic carbocycles. The molecular formula is C12H19BrN2O3S. The van der Waals surface area contributed by atoms with Crippen molar-refractivity contribution in [2.75, 3.05) is 24.9 Å². The van der Waals surface area contributed by atoms with Gasteiger partial charge in [-0.25, -0.2) is 8.42 Å². The van der Waals surface area contributed by atoms with E-state index < -0.39 is 15.3 Å². The number of ether oxygens (including phenoxy) is 1. The topological polar surface area (TPSA) is 67.4 Å². The Balaban J connectivity index is 2.85. The van der Waals surface area contributed by atoms with Crippen LogP contribution in [0.1, 0.15) is 13.8 Å². The zero-order valence-electron chi connectivity index (χ0n) is 11.2. The van der Waals surface area contributed by atoms with E-state index in [9.17, 15) is 8.42 Å². The molecule has 0 amide bonds. The highest BCUT2D eigenvalue weighted by molar-refractivity contribution is 9.10. The van der Waals surface area contributed by atoms with Gasteiger partial charge in [-0.3, -0.25) is 4.72 Å². The lowest BCUT2D eigenvalue weighted by Crippen LogP contribution is -2.34. The standard InChI is InChI=1S/C12H19BrN2O3S/c1-4-14-8-9(2)19(16,17)15-11-5-10(13)6-12(7-11)18-3/h5-7,9,14-15H,4,8H2,1-3H3. The van der Waals surface area contributed by atoms with Crippen LogP contribution in [0.15, 0.2) is 22.7 Å². The fourth-order valence-corrected chi connectivity index (χ4v) is 2.92. The predicted molar refractivity (Wildman–Crippen MR) is 81.2 cm³/mol. The van der Waals surface area contributed by atoms with Gasteiger partial charge in [0, 0.05) is 17.1 Å². The van der Waals surface area contributed by atoms with Gasteiger partial charge in [0.05, 0.1) is 18.0 Å². The normalized spacial score (nSPS) is 13.1. The summed E-state index contributed by atoms with van der Waals surface area (Å²) in [5, 5.41) is 2.50. The molecule has 1 unspecified atom stereocenters. The minimum atomic E-state index is -3.42. The highest BCUT2D eigenvalue weighted by Gasteiger charge is 2.20. The molecule has 1 atom stereocenters. The van der Waals surface area contributed by atoms with Gasteiger partial charge in [0.2, 0.25) is 10.0 Å². The van der Waals surface area contributed by atoms with E-state index in [1.54, 1.807) is 25.1 Å². The number of methoxy groups -OCH3 is 1. The average Bonchev–Trinajstić information content (AvgIpc) is 2.34. The van der Waals surface area contributed by atoms with Crippen molar-refractivity contribution in [1.82, 2.24) is 5.32 Å². The van der Waals surface area contributed by atoms with E-state index in [0.29, 0.717) is 18.0 Å². The Morgan fingerprint density at radius 2 is 2.05 bits per heavy atom. The molecule has 1 aromatic rings. The molecule has 0 bridgehead atoms. The maximum atomic E-state index is 12.1. The Hall–Kier alpha value is -0.790. The second-order valence-corrected chi connectivity index (χ2v) is 7.16. The maximum absolute atomic E-state index is 12.1. The number of anilines is 1. The van der Waals surface area contributed by atoms with Crippen molar-refractivity contribution in [2.45, 2.75) is 19.1 Å². The molecule has 0 saturated carbocycles. The van der Waals surface area contributed by atoms with Crippen LogP contribution in [0.3, 0.4) is 0 Å². The van der Waals surface area contributed by atoms with Crippen LogP contribution < -0.4 is 14.8 Å². The Labute approximate surface area is 122 Å². The quantitative estimate of drug-likeness (QED) is 0.790. The van der Waals surface area contributed by atoms with Gasteiger partial charge in [-0.05, 0) is 25.6 Å². The molecule has 1 rings (SSSR count). The zero-order chi connectivity index (χ0) is 14.5. The van der Waals surface area contributed by atoms with E-state index in [0.717, 1.165) is 11.0 Å². The van der Waals surface area contributed by atoms with E-state index in [4.69, 9.17) is 4.74 Å². The summed E-state index contributed by atoms with van der Waals surface area (Å²) in [7, 11) is -1.88. The average molecular weight is 351 g/mol. The summed E-state index contributed by atoms with van der Waals surface area (Å²) in [6.45, 7) is 4.76. The van der Waals surface area contributed by atoms with E-state index >= 15 is 0 Å². The van der Waals surface area contributed by atoms with Gasteiger partial charge < -0.3 is 10.1 Å². The number of sulfonamides is 1. The predicted octanol–water partition coefficient (Wildman–Crippen LogP) is 2.20. The van der Waals surface area contributed by atoms with E-state index in [-0.39, 0.29) is 0 Å². The number of hydrogen-bond donors (Lipinski definition) is 2. The largest absolute Gasteiger partial charge is 0.497 e. The van der Waals surface area contributed by atoms with Crippen LogP contribution in [0.2, 0.25) is 0 Å². The van der Waals surface area contributed by atoms with Gasteiger partial charge in [-0.1, -0.05) is 22.9 Å². The molecular weight excluding hydrogens is 332 g/mol. The lowest BCUT2D eigenvalue weighted by molar-refractivity contribution is 0.415. The summed E-state index contributed by atoms with van der Waals surface area (Å²) >= 11 is 3.31. The third-order valence-electron chi connectivity index (χ3n) is 2.58. The summed E-state index contributed by atoms with van der Waals surface area (Å²) in [5.41, 5.74) is 0.481. The van der Waals surface area contributed by atoms with Crippen LogP contribution in [-0.2, 0) is 10.0 Å². The maximum Gasteiger partial charge on any atom is 0.236 e. The summed E-state index contributed by atoms with van der Waals surface area (Å²) in [5.74, 6) is 0.589. The SMILES string of the molecule is CCNCC(C)S(=O)(=O)Nc1cc(Br)cc(OC)c1. The third kappa shape index (κ3) is 5.00. The first-order valence-electron chi connectivity index (χ1n) is 5.96. The lowest BCUT2D eigenvalue weighted by atomic mass is 10.3. The first-order valence-corrected chi connectivity index (χ1v) is 8.30. The van der Waals surface area contributed by atoms with Gasteiger partial charge >= 0.3 is 0 Å². The molecule has 0 aliphatic rings. The van der Waals surface area contributed by atoms with Gasteiger partial charge in [0.1, 0.15) is 5.75 Å². The fourth-order valence-electron chi connectivity index (χ4n) is 1.46. The van der Waals surface area contributed by atoms with E-state index in [2.05, 4.69) is 26.0 Å². The molecule has 0 aliphatic heterocycles. The second-order valence-electron chi connectivity index (χ2n) is 4.15. The molecule has 7 heteroatoms. The van der Waals surface area contributed by atoms with Crippen molar-refractivity contribution in [3.8, 4) is 5.75 Å². The molecule has 2 N–H and O–H groups in total. The number of benzene rings is 1. The summed E-state index contributed by atoms with van der Waals surface area (Å²) in [6, 6.07) is 5.10. The van der Waals surface area contributed by atoms with Crippen molar-refractivity contribution in [2.24, 2.45) is 0 Å². The molecule has 0 saturated heterocycles. The molecule has 5 nitrogen and oxygen atoms in total. The minimum Gasteiger partial charge on any atom is -0.497 e. The highest BCUT2D eigenvalue weighted by Crippen LogP contribution is 2.25. The van der Waals surface area contributed by atoms with Crippen LogP contribution >= 0.6 is 15.9 Å². The Morgan fingerprint density at radius 3 is 2.63 bits per heavy atom. The van der Waals surface area contributed by atoms with E-state index in [1.165, 1.54) is 7.11 Å². The molecule has 0 fully saturated rings. The van der Waals surface area contributed by atoms with Crippen molar-refractivity contribution < 1.29 is 13.2 Å². The van der Waals surface area contributed by atoms with Crippen molar-refractivity contribution >= 4 is 31.6 Å². The fraction of sp³-hybridized carbons (Fsp3) is 0.500. The van der Waals surface area contributed by atoms with Crippen molar-refractivity contribution in [3.63, 3.8) is 0 Å². The van der Waals surface area contributed by atoms with Gasteiger partial charge in [0.25, 0.3) is 0 Å². The monoisotopic (exact) mass is 350 g/mol.